The van der Waals surface area contributed by atoms with Gasteiger partial charge in [-0.15, -0.1) is 0 Å². The predicted molar refractivity (Wildman–Crippen MR) is 85.8 cm³/mol. The molecule has 2 N–H and O–H groups in total. The molecule has 2 aromatic rings. The molecule has 3 rings (SSSR count). The number of carboxylic acids is 1. The Morgan fingerprint density at radius 1 is 1.32 bits per heavy atom. The number of carbonyl (C=O) groups is 1. The van der Waals surface area contributed by atoms with E-state index in [1.165, 1.54) is 0 Å². The van der Waals surface area contributed by atoms with Gasteiger partial charge in [-0.2, -0.15) is 18.3 Å². The molecule has 1 aliphatic rings. The van der Waals surface area contributed by atoms with E-state index in [1.54, 1.807) is 12.1 Å². The second-order valence-electron chi connectivity index (χ2n) is 6.47. The fourth-order valence-electron chi connectivity index (χ4n) is 3.05. The van der Waals surface area contributed by atoms with Crippen LogP contribution in [-0.2, 0) is 0 Å². The summed E-state index contributed by atoms with van der Waals surface area (Å²) in [7, 11) is 0. The van der Waals surface area contributed by atoms with Gasteiger partial charge in [-0.1, -0.05) is 38.1 Å². The third kappa shape index (κ3) is 3.20. The highest BCUT2D eigenvalue weighted by Gasteiger charge is 2.47. The largest absolute Gasteiger partial charge is 0.477 e. The van der Waals surface area contributed by atoms with Gasteiger partial charge < -0.3 is 10.4 Å². The third-order valence-corrected chi connectivity index (χ3v) is 4.47. The number of anilines is 1. The van der Waals surface area contributed by atoms with Gasteiger partial charge in [-0.3, -0.25) is 0 Å². The molecule has 1 aromatic heterocycles. The molecule has 1 aliphatic heterocycles. The molecule has 2 heterocycles. The summed E-state index contributed by atoms with van der Waals surface area (Å²) in [6.07, 6.45) is -3.82. The molecule has 2 atom stereocenters. The van der Waals surface area contributed by atoms with Crippen molar-refractivity contribution < 1.29 is 23.1 Å². The Balaban J connectivity index is 2.00. The first-order valence-electron chi connectivity index (χ1n) is 7.92. The highest BCUT2D eigenvalue weighted by atomic mass is 19.4. The SMILES string of the molecule is CC(C)c1ccc(C2CC(C(F)(F)F)n3ncc(C(=O)O)c3N2)cc1. The van der Waals surface area contributed by atoms with Crippen molar-refractivity contribution in [2.45, 2.75) is 44.4 Å². The number of carboxylic acid groups (broad SMARTS) is 1. The van der Waals surface area contributed by atoms with E-state index in [1.807, 2.05) is 26.0 Å². The van der Waals surface area contributed by atoms with Crippen molar-refractivity contribution in [2.75, 3.05) is 5.32 Å². The minimum absolute atomic E-state index is 0.112. The molecule has 0 aliphatic carbocycles. The van der Waals surface area contributed by atoms with Crippen LogP contribution in [0.1, 0.15) is 59.8 Å². The quantitative estimate of drug-likeness (QED) is 0.860. The van der Waals surface area contributed by atoms with Crippen molar-refractivity contribution in [1.82, 2.24) is 9.78 Å². The number of nitrogens with one attached hydrogen (secondary N) is 1. The van der Waals surface area contributed by atoms with E-state index in [4.69, 9.17) is 0 Å². The molecule has 0 spiro atoms. The highest BCUT2D eigenvalue weighted by molar-refractivity contribution is 5.93. The van der Waals surface area contributed by atoms with Crippen molar-refractivity contribution in [3.63, 3.8) is 0 Å². The Labute approximate surface area is 142 Å². The van der Waals surface area contributed by atoms with E-state index in [9.17, 15) is 23.1 Å². The van der Waals surface area contributed by atoms with Gasteiger partial charge in [-0.05, 0) is 17.0 Å². The molecule has 1 aromatic carbocycles. The molecule has 0 radical (unpaired) electrons. The van der Waals surface area contributed by atoms with Crippen LogP contribution in [0.15, 0.2) is 30.5 Å². The van der Waals surface area contributed by atoms with Crippen molar-refractivity contribution in [3.8, 4) is 0 Å². The molecule has 134 valence electrons. The number of benzene rings is 1. The van der Waals surface area contributed by atoms with E-state index in [-0.39, 0.29) is 17.8 Å². The fraction of sp³-hybridized carbons (Fsp3) is 0.412. The van der Waals surface area contributed by atoms with Gasteiger partial charge in [0.2, 0.25) is 0 Å². The Hall–Kier alpha value is -2.51. The van der Waals surface area contributed by atoms with Crippen molar-refractivity contribution >= 4 is 11.8 Å². The van der Waals surface area contributed by atoms with Crippen molar-refractivity contribution in [2.24, 2.45) is 0 Å². The van der Waals surface area contributed by atoms with E-state index in [0.29, 0.717) is 11.5 Å². The van der Waals surface area contributed by atoms with Crippen LogP contribution in [0.5, 0.6) is 0 Å². The average Bonchev–Trinajstić information content (AvgIpc) is 2.97. The standard InChI is InChI=1S/C17H18F3N3O2/c1-9(2)10-3-5-11(6-4-10)13-7-14(17(18,19)20)23-15(22-13)12(8-21-23)16(24)25/h3-6,8-9,13-14,22H,7H2,1-2H3,(H,24,25). The van der Waals surface area contributed by atoms with Gasteiger partial charge in [0.1, 0.15) is 11.4 Å². The van der Waals surface area contributed by atoms with Crippen molar-refractivity contribution in [3.05, 3.63) is 47.2 Å². The van der Waals surface area contributed by atoms with Gasteiger partial charge in [0, 0.05) is 6.42 Å². The summed E-state index contributed by atoms with van der Waals surface area (Å²) in [5.74, 6) is -1.11. The number of halogens is 3. The second-order valence-corrected chi connectivity index (χ2v) is 6.47. The predicted octanol–water partition coefficient (Wildman–Crippen LogP) is 4.37. The molecule has 5 nitrogen and oxygen atoms in total. The first kappa shape index (κ1) is 17.3. The molecular formula is C17H18F3N3O2. The average molecular weight is 353 g/mol. The molecule has 8 heteroatoms. The van der Waals surface area contributed by atoms with Gasteiger partial charge >= 0.3 is 12.1 Å². The Kier molecular flexibility index (Phi) is 4.22. The molecule has 25 heavy (non-hydrogen) atoms. The van der Waals surface area contributed by atoms with Gasteiger partial charge in [0.25, 0.3) is 0 Å². The second kappa shape index (κ2) is 6.09. The molecule has 0 fully saturated rings. The summed E-state index contributed by atoms with van der Waals surface area (Å²) in [4.78, 5) is 11.3. The molecular weight excluding hydrogens is 335 g/mol. The van der Waals surface area contributed by atoms with Crippen LogP contribution in [0.4, 0.5) is 19.0 Å². The zero-order chi connectivity index (χ0) is 18.4. The van der Waals surface area contributed by atoms with Crippen LogP contribution in [0.3, 0.4) is 0 Å². The van der Waals surface area contributed by atoms with Crippen LogP contribution in [0.25, 0.3) is 0 Å². The van der Waals surface area contributed by atoms with Gasteiger partial charge in [-0.25, -0.2) is 9.48 Å². The zero-order valence-electron chi connectivity index (χ0n) is 13.7. The van der Waals surface area contributed by atoms with Crippen LogP contribution in [-0.4, -0.2) is 27.0 Å². The summed E-state index contributed by atoms with van der Waals surface area (Å²) >= 11 is 0. The number of alkyl halides is 3. The third-order valence-electron chi connectivity index (χ3n) is 4.47. The normalized spacial score (nSPS) is 20.2. The van der Waals surface area contributed by atoms with E-state index < -0.39 is 24.2 Å². The molecule has 2 unspecified atom stereocenters. The van der Waals surface area contributed by atoms with Crippen LogP contribution in [0.2, 0.25) is 0 Å². The molecule has 0 bridgehead atoms. The number of hydrogen-bond acceptors (Lipinski definition) is 3. The molecule has 0 saturated heterocycles. The number of fused-ring (bicyclic) bond motifs is 1. The highest BCUT2D eigenvalue weighted by Crippen LogP contribution is 2.44. The maximum atomic E-state index is 13.5. The lowest BCUT2D eigenvalue weighted by molar-refractivity contribution is -0.173. The molecule has 0 saturated carbocycles. The summed E-state index contributed by atoms with van der Waals surface area (Å²) in [5, 5.41) is 15.8. The lowest BCUT2D eigenvalue weighted by atomic mass is 9.94. The van der Waals surface area contributed by atoms with Gasteiger partial charge in [0.05, 0.1) is 12.2 Å². The minimum atomic E-state index is -4.52. The maximum Gasteiger partial charge on any atom is 0.410 e. The number of nitrogens with zero attached hydrogens (tertiary/aromatic N) is 2. The number of hydrogen-bond donors (Lipinski definition) is 2. The van der Waals surface area contributed by atoms with E-state index in [2.05, 4.69) is 10.4 Å². The maximum absolute atomic E-state index is 13.5. The van der Waals surface area contributed by atoms with Gasteiger partial charge in [0.15, 0.2) is 6.04 Å². The summed E-state index contributed by atoms with van der Waals surface area (Å²) in [6.45, 7) is 4.07. The van der Waals surface area contributed by atoms with Crippen LogP contribution >= 0.6 is 0 Å². The Morgan fingerprint density at radius 3 is 2.48 bits per heavy atom. The number of aromatic nitrogens is 2. The Morgan fingerprint density at radius 2 is 1.96 bits per heavy atom. The number of aromatic carboxylic acids is 1. The van der Waals surface area contributed by atoms with Crippen molar-refractivity contribution in [1.29, 1.82) is 0 Å². The monoisotopic (exact) mass is 353 g/mol. The summed E-state index contributed by atoms with van der Waals surface area (Å²) in [5.41, 5.74) is 1.50. The first-order valence-corrected chi connectivity index (χ1v) is 7.92. The van der Waals surface area contributed by atoms with Crippen LogP contribution in [0, 0.1) is 0 Å². The lowest BCUT2D eigenvalue weighted by Gasteiger charge is -2.34. The Bertz CT molecular complexity index is 781. The lowest BCUT2D eigenvalue weighted by Crippen LogP contribution is -2.36. The topological polar surface area (TPSA) is 67.2 Å². The smallest absolute Gasteiger partial charge is 0.410 e. The number of rotatable bonds is 3. The first-order chi connectivity index (χ1) is 11.7. The summed E-state index contributed by atoms with van der Waals surface area (Å²) < 4.78 is 41.1. The van der Waals surface area contributed by atoms with Crippen LogP contribution < -0.4 is 5.32 Å². The van der Waals surface area contributed by atoms with E-state index in [0.717, 1.165) is 16.4 Å². The minimum Gasteiger partial charge on any atom is -0.477 e. The van der Waals surface area contributed by atoms with E-state index >= 15 is 0 Å². The fourth-order valence-corrected chi connectivity index (χ4v) is 3.05. The summed E-state index contributed by atoms with van der Waals surface area (Å²) in [6, 6.07) is 4.82. The molecule has 0 amide bonds. The zero-order valence-corrected chi connectivity index (χ0v) is 13.7.